The van der Waals surface area contributed by atoms with Gasteiger partial charge in [0.15, 0.2) is 5.65 Å². The summed E-state index contributed by atoms with van der Waals surface area (Å²) >= 11 is 0. The Bertz CT molecular complexity index is 1150. The Labute approximate surface area is 179 Å². The second-order valence-corrected chi connectivity index (χ2v) is 7.40. The van der Waals surface area contributed by atoms with E-state index in [9.17, 15) is 9.59 Å². The summed E-state index contributed by atoms with van der Waals surface area (Å²) in [4.78, 5) is 32.6. The molecule has 1 amide bonds. The molecule has 1 aliphatic heterocycles. The Morgan fingerprint density at radius 3 is 2.77 bits per heavy atom. The van der Waals surface area contributed by atoms with Crippen molar-refractivity contribution in [1.29, 1.82) is 0 Å². The van der Waals surface area contributed by atoms with Crippen LogP contribution < -0.4 is 15.2 Å². The van der Waals surface area contributed by atoms with Gasteiger partial charge in [-0.25, -0.2) is 9.78 Å². The minimum absolute atomic E-state index is 0.132. The van der Waals surface area contributed by atoms with E-state index in [0.717, 1.165) is 5.52 Å². The zero-order chi connectivity index (χ0) is 22.0. The molecule has 0 N–H and O–H groups in total. The number of amides is 1. The zero-order valence-electron chi connectivity index (χ0n) is 17.9. The van der Waals surface area contributed by atoms with Gasteiger partial charge in [-0.1, -0.05) is 0 Å². The first-order valence-electron chi connectivity index (χ1n) is 10.1. The maximum Gasteiger partial charge on any atom is 0.330 e. The number of aromatic nitrogens is 3. The summed E-state index contributed by atoms with van der Waals surface area (Å²) in [5.74, 6) is 0.947. The monoisotopic (exact) mass is 426 g/mol. The molecule has 4 rings (SSSR count). The van der Waals surface area contributed by atoms with Crippen molar-refractivity contribution in [3.63, 3.8) is 0 Å². The number of benzene rings is 1. The van der Waals surface area contributed by atoms with Crippen LogP contribution in [0, 0.1) is 0 Å². The van der Waals surface area contributed by atoms with Crippen molar-refractivity contribution in [2.24, 2.45) is 0 Å². The van der Waals surface area contributed by atoms with Crippen molar-refractivity contribution >= 4 is 17.1 Å². The molecule has 9 heteroatoms. The van der Waals surface area contributed by atoms with Gasteiger partial charge in [-0.3, -0.25) is 13.9 Å². The highest BCUT2D eigenvalue weighted by Crippen LogP contribution is 2.29. The van der Waals surface area contributed by atoms with E-state index in [-0.39, 0.29) is 17.6 Å². The van der Waals surface area contributed by atoms with E-state index in [0.29, 0.717) is 55.4 Å². The number of hydrogen-bond acceptors (Lipinski definition) is 6. The first kappa shape index (κ1) is 20.9. The third kappa shape index (κ3) is 3.76. The van der Waals surface area contributed by atoms with Crippen molar-refractivity contribution in [3.8, 4) is 11.5 Å². The molecule has 0 saturated carbocycles. The quantitative estimate of drug-likeness (QED) is 0.574. The summed E-state index contributed by atoms with van der Waals surface area (Å²) in [5.41, 5.74) is 1.74. The number of likely N-dealkylation sites (tertiary alicyclic amines) is 1. The number of ether oxygens (including phenoxy) is 3. The van der Waals surface area contributed by atoms with E-state index < -0.39 is 0 Å². The molecular weight excluding hydrogens is 400 g/mol. The van der Waals surface area contributed by atoms with Crippen LogP contribution in [0.5, 0.6) is 11.5 Å². The Kier molecular flexibility index (Phi) is 5.94. The standard InChI is InChI=1S/C22H26N4O5/c1-29-12-11-25-18-5-4-9-23-20(18)26(22(25)28)15-8-10-24(14-15)21(27)17-7-6-16(30-2)13-19(17)31-3/h4-7,9,13,15H,8,10-12,14H2,1-3H3/t15-/m1/s1. The highest BCUT2D eigenvalue weighted by molar-refractivity contribution is 5.97. The normalized spacial score (nSPS) is 16.1. The largest absolute Gasteiger partial charge is 0.497 e. The fraction of sp³-hybridized carbons (Fsp3) is 0.409. The number of fused-ring (bicyclic) bond motifs is 1. The average molecular weight is 426 g/mol. The van der Waals surface area contributed by atoms with Gasteiger partial charge in [-0.05, 0) is 30.7 Å². The molecule has 1 saturated heterocycles. The van der Waals surface area contributed by atoms with Crippen LogP contribution >= 0.6 is 0 Å². The Hall–Kier alpha value is -3.33. The summed E-state index contributed by atoms with van der Waals surface area (Å²) in [5, 5.41) is 0. The molecule has 1 aromatic carbocycles. The van der Waals surface area contributed by atoms with Crippen LogP contribution in [0.4, 0.5) is 0 Å². The Balaban J connectivity index is 1.63. The van der Waals surface area contributed by atoms with Crippen LogP contribution in [0.2, 0.25) is 0 Å². The fourth-order valence-corrected chi connectivity index (χ4v) is 4.12. The smallest absolute Gasteiger partial charge is 0.330 e. The number of imidazole rings is 1. The molecule has 1 aliphatic rings. The molecule has 31 heavy (non-hydrogen) atoms. The second-order valence-electron chi connectivity index (χ2n) is 7.40. The summed E-state index contributed by atoms with van der Waals surface area (Å²) in [7, 11) is 4.70. The van der Waals surface area contributed by atoms with Gasteiger partial charge in [0.2, 0.25) is 0 Å². The summed E-state index contributed by atoms with van der Waals surface area (Å²) in [6.45, 7) is 1.85. The molecule has 3 aromatic rings. The predicted octanol–water partition coefficient (Wildman–Crippen LogP) is 1.95. The maximum absolute atomic E-state index is 13.2. The number of rotatable bonds is 7. The van der Waals surface area contributed by atoms with Crippen molar-refractivity contribution in [1.82, 2.24) is 19.0 Å². The fourth-order valence-electron chi connectivity index (χ4n) is 4.12. The minimum atomic E-state index is -0.151. The van der Waals surface area contributed by atoms with Crippen LogP contribution in [0.15, 0.2) is 41.3 Å². The molecule has 3 heterocycles. The average Bonchev–Trinajstić information content (AvgIpc) is 3.39. The summed E-state index contributed by atoms with van der Waals surface area (Å²) in [6, 6.07) is 8.69. The van der Waals surface area contributed by atoms with E-state index in [1.54, 1.807) is 52.6 Å². The highest BCUT2D eigenvalue weighted by Gasteiger charge is 2.32. The van der Waals surface area contributed by atoms with E-state index in [1.807, 2.05) is 12.1 Å². The molecule has 0 unspecified atom stereocenters. The molecule has 164 valence electrons. The Morgan fingerprint density at radius 2 is 2.03 bits per heavy atom. The van der Waals surface area contributed by atoms with Crippen LogP contribution in [0.1, 0.15) is 22.8 Å². The molecule has 1 fully saturated rings. The van der Waals surface area contributed by atoms with Crippen LogP contribution in [-0.4, -0.2) is 66.0 Å². The van der Waals surface area contributed by atoms with Gasteiger partial charge < -0.3 is 19.1 Å². The predicted molar refractivity (Wildman–Crippen MR) is 115 cm³/mol. The third-order valence-corrected chi connectivity index (χ3v) is 5.70. The van der Waals surface area contributed by atoms with Crippen molar-refractivity contribution < 1.29 is 19.0 Å². The van der Waals surface area contributed by atoms with Gasteiger partial charge in [0.1, 0.15) is 11.5 Å². The van der Waals surface area contributed by atoms with Gasteiger partial charge in [-0.2, -0.15) is 0 Å². The summed E-state index contributed by atoms with van der Waals surface area (Å²) < 4.78 is 19.2. The zero-order valence-corrected chi connectivity index (χ0v) is 17.9. The topological polar surface area (TPSA) is 87.8 Å². The highest BCUT2D eigenvalue weighted by atomic mass is 16.5. The van der Waals surface area contributed by atoms with E-state index in [1.165, 1.54) is 7.11 Å². The number of pyridine rings is 1. The van der Waals surface area contributed by atoms with Gasteiger partial charge in [0.25, 0.3) is 5.91 Å². The van der Waals surface area contributed by atoms with Gasteiger partial charge in [0.05, 0.1) is 44.5 Å². The molecule has 0 radical (unpaired) electrons. The number of hydrogen-bond donors (Lipinski definition) is 0. The first-order chi connectivity index (χ1) is 15.1. The third-order valence-electron chi connectivity index (χ3n) is 5.70. The van der Waals surface area contributed by atoms with Gasteiger partial charge in [0, 0.05) is 32.5 Å². The van der Waals surface area contributed by atoms with Crippen molar-refractivity contribution in [2.45, 2.75) is 19.0 Å². The molecule has 0 spiro atoms. The maximum atomic E-state index is 13.2. The lowest BCUT2D eigenvalue weighted by atomic mass is 10.1. The number of methoxy groups -OCH3 is 3. The molecule has 9 nitrogen and oxygen atoms in total. The molecule has 0 aliphatic carbocycles. The second kappa shape index (κ2) is 8.81. The molecule has 1 atom stereocenters. The number of carbonyl (C=O) groups excluding carboxylic acids is 1. The van der Waals surface area contributed by atoms with Gasteiger partial charge in [-0.15, -0.1) is 0 Å². The van der Waals surface area contributed by atoms with E-state index >= 15 is 0 Å². The summed E-state index contributed by atoms with van der Waals surface area (Å²) in [6.07, 6.45) is 2.35. The minimum Gasteiger partial charge on any atom is -0.497 e. The number of carbonyl (C=O) groups is 1. The lowest BCUT2D eigenvalue weighted by Crippen LogP contribution is -2.32. The van der Waals surface area contributed by atoms with Crippen LogP contribution in [-0.2, 0) is 11.3 Å². The van der Waals surface area contributed by atoms with E-state index in [4.69, 9.17) is 14.2 Å². The number of nitrogens with zero attached hydrogens (tertiary/aromatic N) is 4. The van der Waals surface area contributed by atoms with Crippen molar-refractivity contribution in [2.75, 3.05) is 41.0 Å². The Morgan fingerprint density at radius 1 is 1.19 bits per heavy atom. The first-order valence-corrected chi connectivity index (χ1v) is 10.1. The van der Waals surface area contributed by atoms with Crippen LogP contribution in [0.3, 0.4) is 0 Å². The lowest BCUT2D eigenvalue weighted by Gasteiger charge is -2.19. The van der Waals surface area contributed by atoms with Gasteiger partial charge >= 0.3 is 5.69 Å². The molecule has 0 bridgehead atoms. The van der Waals surface area contributed by atoms with E-state index in [2.05, 4.69) is 4.98 Å². The SMILES string of the molecule is COCCn1c(=O)n([C@@H]2CCN(C(=O)c3ccc(OC)cc3OC)C2)c2ncccc21. The molecular formula is C22H26N4O5. The molecule has 2 aromatic heterocycles. The van der Waals surface area contributed by atoms with Crippen molar-refractivity contribution in [3.05, 3.63) is 52.6 Å². The van der Waals surface area contributed by atoms with Crippen LogP contribution in [0.25, 0.3) is 11.2 Å². The lowest BCUT2D eigenvalue weighted by molar-refractivity contribution is 0.0784.